The van der Waals surface area contributed by atoms with E-state index in [1.165, 1.54) is 29.2 Å². The van der Waals surface area contributed by atoms with Crippen molar-refractivity contribution in [3.05, 3.63) is 65.5 Å². The van der Waals surface area contributed by atoms with Crippen LogP contribution in [0.2, 0.25) is 0 Å². The summed E-state index contributed by atoms with van der Waals surface area (Å²) in [5.41, 5.74) is 1.44. The molecular weight excluding hydrogens is 371 g/mol. The smallest absolute Gasteiger partial charge is 0.224 e. The zero-order valence-electron chi connectivity index (χ0n) is 15.5. The van der Waals surface area contributed by atoms with Crippen molar-refractivity contribution in [2.75, 3.05) is 20.4 Å². The van der Waals surface area contributed by atoms with Crippen LogP contribution in [0.25, 0.3) is 0 Å². The van der Waals surface area contributed by atoms with E-state index in [0.717, 1.165) is 17.6 Å². The van der Waals surface area contributed by atoms with Crippen LogP contribution in [-0.4, -0.2) is 39.6 Å². The van der Waals surface area contributed by atoms with Crippen molar-refractivity contribution in [3.8, 4) is 5.75 Å². The lowest BCUT2D eigenvalue weighted by Crippen LogP contribution is -2.34. The number of methoxy groups -OCH3 is 1. The van der Waals surface area contributed by atoms with Crippen molar-refractivity contribution in [1.82, 2.24) is 9.62 Å². The number of amides is 1. The lowest BCUT2D eigenvalue weighted by atomic mass is 10.0. The van der Waals surface area contributed by atoms with Crippen LogP contribution in [0.1, 0.15) is 23.6 Å². The first-order valence-electron chi connectivity index (χ1n) is 8.27. The van der Waals surface area contributed by atoms with Crippen LogP contribution < -0.4 is 9.46 Å². The van der Waals surface area contributed by atoms with Gasteiger partial charge in [0.1, 0.15) is 11.6 Å². The molecular formula is C19H23FN2O4S. The van der Waals surface area contributed by atoms with Crippen molar-refractivity contribution in [2.45, 2.75) is 19.0 Å². The summed E-state index contributed by atoms with van der Waals surface area (Å²) in [6.07, 6.45) is 0.945. The van der Waals surface area contributed by atoms with Crippen LogP contribution in [0, 0.1) is 5.82 Å². The van der Waals surface area contributed by atoms with Crippen molar-refractivity contribution in [2.24, 2.45) is 0 Å². The number of hydrogen-bond acceptors (Lipinski definition) is 4. The maximum absolute atomic E-state index is 13.2. The van der Waals surface area contributed by atoms with Gasteiger partial charge in [0, 0.05) is 20.0 Å². The van der Waals surface area contributed by atoms with Gasteiger partial charge in [0.05, 0.1) is 19.4 Å². The standard InChI is InChI=1S/C19H23FN2O4S/c1-22(13-14-4-10-17(26-2)11-5-14)19(23)12-18(21-27(3,24)25)15-6-8-16(20)9-7-15/h4-11,18,21H,12-13H2,1-3H3. The Bertz CT molecular complexity index is 868. The Morgan fingerprint density at radius 3 is 2.26 bits per heavy atom. The SMILES string of the molecule is COc1ccc(CN(C)C(=O)CC(NS(C)(=O)=O)c2ccc(F)cc2)cc1. The first-order chi connectivity index (χ1) is 12.7. The molecule has 0 aliphatic heterocycles. The molecule has 0 saturated heterocycles. The highest BCUT2D eigenvalue weighted by molar-refractivity contribution is 7.88. The van der Waals surface area contributed by atoms with Crippen molar-refractivity contribution >= 4 is 15.9 Å². The fraction of sp³-hybridized carbons (Fsp3) is 0.316. The lowest BCUT2D eigenvalue weighted by molar-refractivity contribution is -0.130. The molecule has 0 saturated carbocycles. The summed E-state index contributed by atoms with van der Waals surface area (Å²) in [7, 11) is -0.322. The van der Waals surface area contributed by atoms with Gasteiger partial charge < -0.3 is 9.64 Å². The third kappa shape index (κ3) is 6.65. The summed E-state index contributed by atoms with van der Waals surface area (Å²) in [5.74, 6) is 0.0533. The topological polar surface area (TPSA) is 75.7 Å². The third-order valence-corrected chi connectivity index (χ3v) is 4.72. The van der Waals surface area contributed by atoms with Crippen molar-refractivity contribution in [3.63, 3.8) is 0 Å². The van der Waals surface area contributed by atoms with Crippen LogP contribution in [0.15, 0.2) is 48.5 Å². The number of ether oxygens (including phenoxy) is 1. The molecule has 0 aromatic heterocycles. The monoisotopic (exact) mass is 394 g/mol. The van der Waals surface area contributed by atoms with Gasteiger partial charge in [-0.3, -0.25) is 4.79 Å². The number of carbonyl (C=O) groups is 1. The predicted molar refractivity (Wildman–Crippen MR) is 101 cm³/mol. The van der Waals surface area contributed by atoms with E-state index in [1.54, 1.807) is 26.3 Å². The molecule has 0 aliphatic carbocycles. The molecule has 6 nitrogen and oxygen atoms in total. The maximum Gasteiger partial charge on any atom is 0.224 e. The van der Waals surface area contributed by atoms with Crippen LogP contribution in [0.5, 0.6) is 5.75 Å². The van der Waals surface area contributed by atoms with Gasteiger partial charge in [-0.1, -0.05) is 24.3 Å². The normalized spacial score (nSPS) is 12.4. The van der Waals surface area contributed by atoms with Gasteiger partial charge in [0.2, 0.25) is 15.9 Å². The van der Waals surface area contributed by atoms with E-state index >= 15 is 0 Å². The third-order valence-electron chi connectivity index (χ3n) is 4.01. The molecule has 0 bridgehead atoms. The van der Waals surface area contributed by atoms with Gasteiger partial charge in [-0.2, -0.15) is 0 Å². The molecule has 8 heteroatoms. The Morgan fingerprint density at radius 2 is 1.74 bits per heavy atom. The molecule has 0 heterocycles. The predicted octanol–water partition coefficient (Wildman–Crippen LogP) is 2.47. The molecule has 0 radical (unpaired) electrons. The number of nitrogens with one attached hydrogen (secondary N) is 1. The molecule has 0 aliphatic rings. The summed E-state index contributed by atoms with van der Waals surface area (Å²) in [4.78, 5) is 14.1. The van der Waals surface area contributed by atoms with E-state index in [2.05, 4.69) is 4.72 Å². The first-order valence-corrected chi connectivity index (χ1v) is 10.2. The average Bonchev–Trinajstić information content (AvgIpc) is 2.61. The highest BCUT2D eigenvalue weighted by atomic mass is 32.2. The van der Waals surface area contributed by atoms with E-state index in [-0.39, 0.29) is 12.3 Å². The molecule has 2 aromatic rings. The fourth-order valence-corrected chi connectivity index (χ4v) is 3.34. The highest BCUT2D eigenvalue weighted by Crippen LogP contribution is 2.20. The number of nitrogens with zero attached hydrogens (tertiary/aromatic N) is 1. The van der Waals surface area contributed by atoms with Crippen molar-refractivity contribution < 1.29 is 22.3 Å². The second-order valence-corrected chi connectivity index (χ2v) is 8.08. The first kappa shape index (κ1) is 20.9. The van der Waals surface area contributed by atoms with E-state index in [0.29, 0.717) is 12.1 Å². The van der Waals surface area contributed by atoms with E-state index < -0.39 is 21.9 Å². The molecule has 1 N–H and O–H groups in total. The Labute approximate surface area is 159 Å². The second-order valence-electron chi connectivity index (χ2n) is 6.30. The number of benzene rings is 2. The summed E-state index contributed by atoms with van der Waals surface area (Å²) >= 11 is 0. The molecule has 2 aromatic carbocycles. The number of sulfonamides is 1. The van der Waals surface area contributed by atoms with Gasteiger partial charge >= 0.3 is 0 Å². The zero-order valence-corrected chi connectivity index (χ0v) is 16.3. The molecule has 0 spiro atoms. The second kappa shape index (κ2) is 8.96. The Balaban J connectivity index is 2.10. The quantitative estimate of drug-likeness (QED) is 0.746. The highest BCUT2D eigenvalue weighted by Gasteiger charge is 2.22. The summed E-state index contributed by atoms with van der Waals surface area (Å²) < 4.78 is 44.0. The minimum absolute atomic E-state index is 0.0780. The number of hydrogen-bond donors (Lipinski definition) is 1. The van der Waals surface area contributed by atoms with Crippen LogP contribution in [0.4, 0.5) is 4.39 Å². The number of halogens is 1. The molecule has 1 unspecified atom stereocenters. The van der Waals surface area contributed by atoms with Crippen LogP contribution in [-0.2, 0) is 21.4 Å². The fourth-order valence-electron chi connectivity index (χ4n) is 2.60. The molecule has 27 heavy (non-hydrogen) atoms. The number of rotatable bonds is 8. The molecule has 146 valence electrons. The van der Waals surface area contributed by atoms with Crippen LogP contribution >= 0.6 is 0 Å². The Kier molecular flexibility index (Phi) is 6.92. The van der Waals surface area contributed by atoms with Crippen LogP contribution in [0.3, 0.4) is 0 Å². The van der Waals surface area contributed by atoms with Crippen molar-refractivity contribution in [1.29, 1.82) is 0 Å². The minimum atomic E-state index is -3.55. The Hall–Kier alpha value is -2.45. The van der Waals surface area contributed by atoms with E-state index in [4.69, 9.17) is 4.74 Å². The van der Waals surface area contributed by atoms with Gasteiger partial charge in [0.15, 0.2) is 0 Å². The van der Waals surface area contributed by atoms with Gasteiger partial charge in [-0.15, -0.1) is 0 Å². The van der Waals surface area contributed by atoms with Gasteiger partial charge in [-0.25, -0.2) is 17.5 Å². The summed E-state index contributed by atoms with van der Waals surface area (Å²) in [6.45, 7) is 0.373. The van der Waals surface area contributed by atoms with E-state index in [9.17, 15) is 17.6 Å². The molecule has 1 atom stereocenters. The zero-order chi connectivity index (χ0) is 20.0. The largest absolute Gasteiger partial charge is 0.497 e. The average molecular weight is 394 g/mol. The summed E-state index contributed by atoms with van der Waals surface area (Å²) in [5, 5.41) is 0. The van der Waals surface area contributed by atoms with Gasteiger partial charge in [-0.05, 0) is 35.4 Å². The molecule has 1 amide bonds. The number of carbonyl (C=O) groups excluding carboxylic acids is 1. The minimum Gasteiger partial charge on any atom is -0.497 e. The Morgan fingerprint density at radius 1 is 1.15 bits per heavy atom. The molecule has 0 fully saturated rings. The maximum atomic E-state index is 13.2. The molecule has 2 rings (SSSR count). The van der Waals surface area contributed by atoms with Gasteiger partial charge in [0.25, 0.3) is 0 Å². The van der Waals surface area contributed by atoms with E-state index in [1.807, 2.05) is 12.1 Å². The lowest BCUT2D eigenvalue weighted by Gasteiger charge is -2.22. The summed E-state index contributed by atoms with van der Waals surface area (Å²) in [6, 6.07) is 12.0.